The van der Waals surface area contributed by atoms with Gasteiger partial charge in [0.15, 0.2) is 0 Å². The van der Waals surface area contributed by atoms with E-state index in [-0.39, 0.29) is 6.04 Å². The molecule has 0 amide bonds. The standard InChI is InChI=1S/C14H17BrN2O/c1-2-7-18-9-12(16)14-11(15)8-10-5-3-4-6-13(10)17-14/h3-6,8,12H,2,7,9,16H2,1H3. The Kier molecular flexibility index (Phi) is 4.69. The Bertz CT molecular complexity index is 530. The molecule has 1 unspecified atom stereocenters. The molecule has 2 N–H and O–H groups in total. The minimum absolute atomic E-state index is 0.199. The molecule has 0 bridgehead atoms. The molecule has 2 aromatic rings. The number of halogens is 1. The molecule has 4 heteroatoms. The molecule has 1 aromatic heterocycles. The number of hydrogen-bond acceptors (Lipinski definition) is 3. The maximum atomic E-state index is 6.11. The summed E-state index contributed by atoms with van der Waals surface area (Å²) in [6, 6.07) is 9.86. The highest BCUT2D eigenvalue weighted by atomic mass is 79.9. The lowest BCUT2D eigenvalue weighted by Crippen LogP contribution is -2.19. The van der Waals surface area contributed by atoms with Crippen LogP contribution >= 0.6 is 15.9 Å². The fourth-order valence-corrected chi connectivity index (χ4v) is 2.43. The van der Waals surface area contributed by atoms with E-state index in [1.807, 2.05) is 24.3 Å². The van der Waals surface area contributed by atoms with Crippen molar-refractivity contribution < 1.29 is 4.74 Å². The van der Waals surface area contributed by atoms with Gasteiger partial charge in [-0.05, 0) is 34.5 Å². The monoisotopic (exact) mass is 308 g/mol. The number of hydrogen-bond donors (Lipinski definition) is 1. The van der Waals surface area contributed by atoms with Crippen molar-refractivity contribution in [2.45, 2.75) is 19.4 Å². The van der Waals surface area contributed by atoms with Crippen LogP contribution in [0, 0.1) is 0 Å². The number of aromatic nitrogens is 1. The molecule has 0 fully saturated rings. The first-order valence-corrected chi connectivity index (χ1v) is 6.90. The van der Waals surface area contributed by atoms with Gasteiger partial charge in [0.05, 0.1) is 23.9 Å². The summed E-state index contributed by atoms with van der Waals surface area (Å²) in [6.45, 7) is 3.31. The van der Waals surface area contributed by atoms with E-state index >= 15 is 0 Å². The Labute approximate surface area is 115 Å². The number of benzene rings is 1. The summed E-state index contributed by atoms with van der Waals surface area (Å²) >= 11 is 3.53. The third-order valence-electron chi connectivity index (χ3n) is 2.70. The summed E-state index contributed by atoms with van der Waals surface area (Å²) in [6.07, 6.45) is 0.999. The van der Waals surface area contributed by atoms with E-state index in [0.717, 1.165) is 34.1 Å². The van der Waals surface area contributed by atoms with Gasteiger partial charge in [-0.3, -0.25) is 0 Å². The molecule has 0 spiro atoms. The Balaban J connectivity index is 2.24. The van der Waals surface area contributed by atoms with Crippen LogP contribution in [0.5, 0.6) is 0 Å². The van der Waals surface area contributed by atoms with Gasteiger partial charge in [-0.15, -0.1) is 0 Å². The van der Waals surface area contributed by atoms with Gasteiger partial charge >= 0.3 is 0 Å². The molecule has 0 saturated carbocycles. The maximum absolute atomic E-state index is 6.11. The van der Waals surface area contributed by atoms with Gasteiger partial charge in [0.2, 0.25) is 0 Å². The molecule has 0 saturated heterocycles. The largest absolute Gasteiger partial charge is 0.379 e. The first-order valence-electron chi connectivity index (χ1n) is 6.11. The molecule has 0 radical (unpaired) electrons. The van der Waals surface area contributed by atoms with Gasteiger partial charge in [-0.2, -0.15) is 0 Å². The van der Waals surface area contributed by atoms with Crippen LogP contribution < -0.4 is 5.73 Å². The molecule has 18 heavy (non-hydrogen) atoms. The SMILES string of the molecule is CCCOCC(N)c1nc2ccccc2cc1Br. The van der Waals surface area contributed by atoms with Crippen LogP contribution in [0.2, 0.25) is 0 Å². The summed E-state index contributed by atoms with van der Waals surface area (Å²) < 4.78 is 6.42. The minimum Gasteiger partial charge on any atom is -0.379 e. The number of pyridine rings is 1. The predicted octanol–water partition coefficient (Wildman–Crippen LogP) is 3.42. The summed E-state index contributed by atoms with van der Waals surface area (Å²) in [5.74, 6) is 0. The summed E-state index contributed by atoms with van der Waals surface area (Å²) in [4.78, 5) is 4.60. The van der Waals surface area contributed by atoms with Crippen molar-refractivity contribution in [1.29, 1.82) is 0 Å². The third kappa shape index (κ3) is 3.07. The van der Waals surface area contributed by atoms with Gasteiger partial charge < -0.3 is 10.5 Å². The third-order valence-corrected chi connectivity index (χ3v) is 3.34. The van der Waals surface area contributed by atoms with Crippen molar-refractivity contribution in [2.75, 3.05) is 13.2 Å². The highest BCUT2D eigenvalue weighted by molar-refractivity contribution is 9.10. The normalized spacial score (nSPS) is 12.8. The lowest BCUT2D eigenvalue weighted by molar-refractivity contribution is 0.120. The number of para-hydroxylation sites is 1. The van der Waals surface area contributed by atoms with Gasteiger partial charge in [0.1, 0.15) is 0 Å². The van der Waals surface area contributed by atoms with Crippen LogP contribution in [-0.4, -0.2) is 18.2 Å². The number of nitrogens with two attached hydrogens (primary N) is 1. The Morgan fingerprint density at radius 1 is 1.39 bits per heavy atom. The van der Waals surface area contributed by atoms with E-state index in [4.69, 9.17) is 10.5 Å². The molecule has 1 aromatic carbocycles. The van der Waals surface area contributed by atoms with E-state index in [1.165, 1.54) is 0 Å². The maximum Gasteiger partial charge on any atom is 0.0744 e. The Hall–Kier alpha value is -0.970. The van der Waals surface area contributed by atoms with Crippen molar-refractivity contribution in [1.82, 2.24) is 4.98 Å². The first kappa shape index (κ1) is 13.5. The van der Waals surface area contributed by atoms with Gasteiger partial charge in [0.25, 0.3) is 0 Å². The zero-order chi connectivity index (χ0) is 13.0. The Morgan fingerprint density at radius 2 is 2.17 bits per heavy atom. The molecule has 0 aliphatic rings. The highest BCUT2D eigenvalue weighted by Crippen LogP contribution is 2.25. The van der Waals surface area contributed by atoms with Crippen molar-refractivity contribution in [3.63, 3.8) is 0 Å². The van der Waals surface area contributed by atoms with Crippen LogP contribution in [0.15, 0.2) is 34.8 Å². The predicted molar refractivity (Wildman–Crippen MR) is 77.5 cm³/mol. The van der Waals surface area contributed by atoms with Crippen LogP contribution in [0.3, 0.4) is 0 Å². The van der Waals surface area contributed by atoms with Crippen molar-refractivity contribution in [3.8, 4) is 0 Å². The average Bonchev–Trinajstić information content (AvgIpc) is 2.38. The zero-order valence-electron chi connectivity index (χ0n) is 10.4. The highest BCUT2D eigenvalue weighted by Gasteiger charge is 2.13. The van der Waals surface area contributed by atoms with Gasteiger partial charge in [-0.25, -0.2) is 4.98 Å². The molecule has 2 rings (SSSR count). The summed E-state index contributed by atoms with van der Waals surface area (Å²) in [5, 5.41) is 1.11. The summed E-state index contributed by atoms with van der Waals surface area (Å²) in [7, 11) is 0. The molecular formula is C14H17BrN2O. The van der Waals surface area contributed by atoms with Crippen LogP contribution in [-0.2, 0) is 4.74 Å². The molecule has 0 aliphatic heterocycles. The van der Waals surface area contributed by atoms with Crippen molar-refractivity contribution in [3.05, 3.63) is 40.5 Å². The molecule has 96 valence electrons. The van der Waals surface area contributed by atoms with E-state index in [2.05, 4.69) is 33.9 Å². The lowest BCUT2D eigenvalue weighted by Gasteiger charge is -2.14. The second-order valence-corrected chi connectivity index (χ2v) is 5.08. The quantitative estimate of drug-likeness (QED) is 0.861. The smallest absolute Gasteiger partial charge is 0.0744 e. The zero-order valence-corrected chi connectivity index (χ0v) is 12.0. The van der Waals surface area contributed by atoms with Crippen LogP contribution in [0.25, 0.3) is 10.9 Å². The topological polar surface area (TPSA) is 48.1 Å². The van der Waals surface area contributed by atoms with E-state index in [9.17, 15) is 0 Å². The fourth-order valence-electron chi connectivity index (χ4n) is 1.80. The number of fused-ring (bicyclic) bond motifs is 1. The van der Waals surface area contributed by atoms with Crippen LogP contribution in [0.4, 0.5) is 0 Å². The molecule has 1 atom stereocenters. The molecule has 3 nitrogen and oxygen atoms in total. The van der Waals surface area contributed by atoms with E-state index in [0.29, 0.717) is 6.61 Å². The van der Waals surface area contributed by atoms with E-state index in [1.54, 1.807) is 0 Å². The molecular weight excluding hydrogens is 292 g/mol. The van der Waals surface area contributed by atoms with Gasteiger partial charge in [0, 0.05) is 16.5 Å². The lowest BCUT2D eigenvalue weighted by atomic mass is 10.1. The molecule has 1 heterocycles. The molecule has 0 aliphatic carbocycles. The number of rotatable bonds is 5. The number of ether oxygens (including phenoxy) is 1. The van der Waals surface area contributed by atoms with E-state index < -0.39 is 0 Å². The fraction of sp³-hybridized carbons (Fsp3) is 0.357. The second-order valence-electron chi connectivity index (χ2n) is 4.23. The minimum atomic E-state index is -0.199. The number of nitrogens with zero attached hydrogens (tertiary/aromatic N) is 1. The van der Waals surface area contributed by atoms with Crippen LogP contribution in [0.1, 0.15) is 25.1 Å². The average molecular weight is 309 g/mol. The van der Waals surface area contributed by atoms with Crippen molar-refractivity contribution >= 4 is 26.8 Å². The first-order chi connectivity index (χ1) is 8.72. The second kappa shape index (κ2) is 6.27. The van der Waals surface area contributed by atoms with Crippen molar-refractivity contribution in [2.24, 2.45) is 5.73 Å². The Morgan fingerprint density at radius 3 is 2.94 bits per heavy atom. The van der Waals surface area contributed by atoms with Gasteiger partial charge in [-0.1, -0.05) is 25.1 Å². The summed E-state index contributed by atoms with van der Waals surface area (Å²) in [5.41, 5.74) is 7.92.